The summed E-state index contributed by atoms with van der Waals surface area (Å²) in [5, 5.41) is 4.59. The van der Waals surface area contributed by atoms with Gasteiger partial charge < -0.3 is 15.1 Å². The van der Waals surface area contributed by atoms with Crippen molar-refractivity contribution >= 4 is 60.5 Å². The number of hydrogen-bond donors (Lipinski definition) is 2. The summed E-state index contributed by atoms with van der Waals surface area (Å²) in [4.78, 5) is 33.8. The van der Waals surface area contributed by atoms with Crippen LogP contribution in [0.5, 0.6) is 0 Å². The number of rotatable bonds is 8. The van der Waals surface area contributed by atoms with Crippen LogP contribution in [0.1, 0.15) is 25.7 Å². The van der Waals surface area contributed by atoms with Crippen molar-refractivity contribution in [1.82, 2.24) is 19.5 Å². The number of piperidine rings is 1. The maximum atomic E-state index is 13.2. The summed E-state index contributed by atoms with van der Waals surface area (Å²) in [5.41, 5.74) is 0.893. The van der Waals surface area contributed by atoms with Gasteiger partial charge in [0.25, 0.3) is 10.0 Å². The number of carbonyl (C=O) groups is 2. The first kappa shape index (κ1) is 25.9. The van der Waals surface area contributed by atoms with Gasteiger partial charge in [0, 0.05) is 47.8 Å². The first-order chi connectivity index (χ1) is 17.8. The number of hydrogen-bond acceptors (Lipinski definition) is 7. The maximum Gasteiger partial charge on any atom is 0.250 e. The smallest absolute Gasteiger partial charge is 0.250 e. The summed E-state index contributed by atoms with van der Waals surface area (Å²) in [6.45, 7) is 1.62. The minimum Gasteiger partial charge on any atom is -0.382 e. The van der Waals surface area contributed by atoms with Gasteiger partial charge in [-0.15, -0.1) is 11.3 Å². The second-order valence-corrected chi connectivity index (χ2v) is 12.8. The second-order valence-electron chi connectivity index (χ2n) is 9.33. The lowest BCUT2D eigenvalue weighted by Gasteiger charge is -2.34. The highest BCUT2D eigenvalue weighted by atomic mass is 35.5. The van der Waals surface area contributed by atoms with Gasteiger partial charge in [-0.05, 0) is 67.5 Å². The Hall–Kier alpha value is -2.73. The molecule has 2 unspecified atom stereocenters. The number of nitrogens with one attached hydrogen (secondary N) is 2. The molecule has 37 heavy (non-hydrogen) atoms. The molecule has 0 saturated carbocycles. The average molecular weight is 562 g/mol. The van der Waals surface area contributed by atoms with E-state index in [0.717, 1.165) is 40.0 Å². The molecule has 2 aliphatic rings. The Labute approximate surface area is 224 Å². The largest absolute Gasteiger partial charge is 0.382 e. The number of sulfonamides is 1. The zero-order valence-corrected chi connectivity index (χ0v) is 22.5. The third-order valence-corrected chi connectivity index (χ3v) is 10.1. The molecule has 4 heterocycles. The molecule has 2 fully saturated rings. The zero-order valence-electron chi connectivity index (χ0n) is 20.1. The second kappa shape index (κ2) is 10.9. The Morgan fingerprint density at radius 1 is 1.16 bits per heavy atom. The van der Waals surface area contributed by atoms with E-state index in [4.69, 9.17) is 11.6 Å². The van der Waals surface area contributed by atoms with Gasteiger partial charge in [-0.25, -0.2) is 8.42 Å². The van der Waals surface area contributed by atoms with Crippen LogP contribution in [-0.4, -0.2) is 73.3 Å². The van der Waals surface area contributed by atoms with Crippen molar-refractivity contribution in [3.05, 3.63) is 53.8 Å². The molecular weight excluding hydrogens is 534 g/mol. The first-order valence-electron chi connectivity index (χ1n) is 12.2. The number of likely N-dealkylation sites (tertiary alicyclic amines) is 2. The van der Waals surface area contributed by atoms with Crippen LogP contribution >= 0.6 is 22.9 Å². The fourth-order valence-electron chi connectivity index (χ4n) is 4.91. The van der Waals surface area contributed by atoms with Gasteiger partial charge in [-0.1, -0.05) is 11.6 Å². The van der Waals surface area contributed by atoms with Gasteiger partial charge in [0.15, 0.2) is 0 Å². The van der Waals surface area contributed by atoms with E-state index in [1.54, 1.807) is 36.7 Å². The lowest BCUT2D eigenvalue weighted by Crippen LogP contribution is -2.55. The van der Waals surface area contributed by atoms with E-state index in [0.29, 0.717) is 37.5 Å². The fraction of sp³-hybridized carbons (Fsp3) is 0.400. The number of benzene rings is 1. The third kappa shape index (κ3) is 5.90. The van der Waals surface area contributed by atoms with E-state index in [-0.39, 0.29) is 28.6 Å². The Kier molecular flexibility index (Phi) is 7.66. The van der Waals surface area contributed by atoms with Crippen molar-refractivity contribution in [3.63, 3.8) is 0 Å². The highest BCUT2D eigenvalue weighted by Crippen LogP contribution is 2.31. The minimum atomic E-state index is -3.91. The zero-order chi connectivity index (χ0) is 26.0. The molecule has 0 radical (unpaired) electrons. The van der Waals surface area contributed by atoms with Crippen molar-refractivity contribution in [2.24, 2.45) is 0 Å². The van der Waals surface area contributed by atoms with Crippen LogP contribution in [0.25, 0.3) is 10.1 Å². The van der Waals surface area contributed by atoms with E-state index < -0.39 is 16.1 Å². The molecular formula is C25H28ClN5O4S2. The van der Waals surface area contributed by atoms with E-state index in [1.165, 1.54) is 4.90 Å². The van der Waals surface area contributed by atoms with Crippen molar-refractivity contribution in [1.29, 1.82) is 0 Å². The molecule has 2 aromatic heterocycles. The van der Waals surface area contributed by atoms with Crippen molar-refractivity contribution < 1.29 is 18.0 Å². The monoisotopic (exact) mass is 561 g/mol. The quantitative estimate of drug-likeness (QED) is 0.436. The van der Waals surface area contributed by atoms with Crippen molar-refractivity contribution in [2.45, 2.75) is 42.0 Å². The number of thiophene rings is 1. The van der Waals surface area contributed by atoms with Crippen LogP contribution in [0, 0.1) is 0 Å². The van der Waals surface area contributed by atoms with E-state index in [9.17, 15) is 18.0 Å². The lowest BCUT2D eigenvalue weighted by molar-refractivity contribution is -0.143. The number of nitrogens with zero attached hydrogens (tertiary/aromatic N) is 3. The van der Waals surface area contributed by atoms with Gasteiger partial charge in [0.05, 0.1) is 12.2 Å². The molecule has 5 rings (SSSR count). The third-order valence-electron chi connectivity index (χ3n) is 6.78. The Morgan fingerprint density at radius 2 is 2.00 bits per heavy atom. The van der Waals surface area contributed by atoms with Crippen LogP contribution in [-0.2, 0) is 19.6 Å². The SMILES string of the molecule is O=C1C(NS(=O)(=O)c2cc3cc(Cl)ccc3s2)CCCN1CC(=O)N1CCCC1CNc1cccnc1. The number of pyridine rings is 1. The fourth-order valence-corrected chi connectivity index (χ4v) is 7.71. The lowest BCUT2D eigenvalue weighted by atomic mass is 10.1. The highest BCUT2D eigenvalue weighted by molar-refractivity contribution is 7.91. The molecule has 12 heteroatoms. The van der Waals surface area contributed by atoms with Crippen LogP contribution in [0.15, 0.2) is 53.0 Å². The number of halogens is 1. The molecule has 1 aromatic carbocycles. The summed E-state index contributed by atoms with van der Waals surface area (Å²) >= 11 is 7.16. The molecule has 0 bridgehead atoms. The predicted octanol–water partition coefficient (Wildman–Crippen LogP) is 3.32. The molecule has 2 atom stereocenters. The number of fused-ring (bicyclic) bond motifs is 1. The number of carbonyl (C=O) groups excluding carboxylic acids is 2. The molecule has 2 N–H and O–H groups in total. The van der Waals surface area contributed by atoms with Gasteiger partial charge in [0.2, 0.25) is 11.8 Å². The summed E-state index contributed by atoms with van der Waals surface area (Å²) in [7, 11) is -3.91. The summed E-state index contributed by atoms with van der Waals surface area (Å²) in [5.74, 6) is -0.481. The average Bonchev–Trinajstić information content (AvgIpc) is 3.53. The molecule has 0 aliphatic carbocycles. The highest BCUT2D eigenvalue weighted by Gasteiger charge is 2.36. The van der Waals surface area contributed by atoms with Crippen molar-refractivity contribution in [2.75, 3.05) is 31.5 Å². The summed E-state index contributed by atoms with van der Waals surface area (Å²) in [6, 6.07) is 9.67. The standard InChI is InChI=1S/C25H28ClN5O4S2/c26-18-7-8-22-17(12-18)13-24(36-22)37(34,35)29-21-6-3-10-30(25(21)33)16-23(32)31-11-2-5-20(31)15-28-19-4-1-9-27-14-19/h1,4,7-9,12-14,20-21,28-29H,2-3,5-6,10-11,15-16H2. The Balaban J connectivity index is 1.21. The molecule has 2 amide bonds. The molecule has 3 aromatic rings. The van der Waals surface area contributed by atoms with Gasteiger partial charge in [0.1, 0.15) is 10.3 Å². The summed E-state index contributed by atoms with van der Waals surface area (Å²) in [6.07, 6.45) is 6.24. The number of aromatic nitrogens is 1. The predicted molar refractivity (Wildman–Crippen MR) is 144 cm³/mol. The summed E-state index contributed by atoms with van der Waals surface area (Å²) < 4.78 is 29.7. The Morgan fingerprint density at radius 3 is 2.81 bits per heavy atom. The maximum absolute atomic E-state index is 13.2. The van der Waals surface area contributed by atoms with E-state index in [2.05, 4.69) is 15.0 Å². The normalized spacial score (nSPS) is 20.5. The van der Waals surface area contributed by atoms with E-state index >= 15 is 0 Å². The molecule has 196 valence electrons. The van der Waals surface area contributed by atoms with Crippen LogP contribution in [0.4, 0.5) is 5.69 Å². The minimum absolute atomic E-state index is 0.0309. The molecule has 2 aliphatic heterocycles. The number of amides is 2. The topological polar surface area (TPSA) is 112 Å². The molecule has 0 spiro atoms. The van der Waals surface area contributed by atoms with Crippen LogP contribution < -0.4 is 10.0 Å². The van der Waals surface area contributed by atoms with Crippen LogP contribution in [0.2, 0.25) is 5.02 Å². The first-order valence-corrected chi connectivity index (χ1v) is 14.9. The van der Waals surface area contributed by atoms with Gasteiger partial charge in [-0.2, -0.15) is 4.72 Å². The Bertz CT molecular complexity index is 1400. The molecule has 9 nitrogen and oxygen atoms in total. The van der Waals surface area contributed by atoms with Crippen molar-refractivity contribution in [3.8, 4) is 0 Å². The van der Waals surface area contributed by atoms with Gasteiger partial charge in [-0.3, -0.25) is 14.6 Å². The molecule has 2 saturated heterocycles. The number of anilines is 1. The van der Waals surface area contributed by atoms with Crippen LogP contribution in [0.3, 0.4) is 0 Å². The van der Waals surface area contributed by atoms with Gasteiger partial charge >= 0.3 is 0 Å². The van der Waals surface area contributed by atoms with E-state index in [1.807, 2.05) is 17.0 Å².